The molecule has 11 heavy (non-hydrogen) atoms. The van der Waals surface area contributed by atoms with Crippen molar-refractivity contribution >= 4 is 5.97 Å². The molecule has 0 atom stereocenters. The molecular weight excluding hydrogens is 142 g/mol. The van der Waals surface area contributed by atoms with Crippen LogP contribution in [0.15, 0.2) is 0 Å². The second-order valence-electron chi connectivity index (χ2n) is 3.13. The number of carbonyl (C=O) groups excluding carboxylic acids is 1. The van der Waals surface area contributed by atoms with E-state index < -0.39 is 5.97 Å². The zero-order chi connectivity index (χ0) is 8.48. The van der Waals surface area contributed by atoms with Gasteiger partial charge in [-0.3, -0.25) is 0 Å². The summed E-state index contributed by atoms with van der Waals surface area (Å²) in [5.74, 6) is 1.89. The highest BCUT2D eigenvalue weighted by Crippen LogP contribution is 2.28. The van der Waals surface area contributed by atoms with Crippen LogP contribution in [-0.4, -0.2) is 30.1 Å². The summed E-state index contributed by atoms with van der Waals surface area (Å²) in [7, 11) is 1.32. The first-order chi connectivity index (χ1) is 5.06. The van der Waals surface area contributed by atoms with Crippen LogP contribution >= 0.6 is 0 Å². The minimum Gasteiger partial charge on any atom is -0.459 e. The third-order valence-corrected chi connectivity index (χ3v) is 1.65. The quantitative estimate of drug-likeness (QED) is 0.283. The summed E-state index contributed by atoms with van der Waals surface area (Å²) < 4.78 is 4.36. The Bertz CT molecular complexity index is 234. The fourth-order valence-corrected chi connectivity index (χ4v) is 0.707. The Kier molecular flexibility index (Phi) is 1.77. The third-order valence-electron chi connectivity index (χ3n) is 1.65. The van der Waals surface area contributed by atoms with Crippen LogP contribution in [0, 0.1) is 12.0 Å². The first kappa shape index (κ1) is 7.93. The molecule has 0 aromatic carbocycles. The van der Waals surface area contributed by atoms with E-state index >= 15 is 0 Å². The van der Waals surface area contributed by atoms with E-state index in [-0.39, 0.29) is 5.54 Å². The van der Waals surface area contributed by atoms with Gasteiger partial charge in [-0.05, 0) is 13.8 Å². The van der Waals surface area contributed by atoms with E-state index in [2.05, 4.69) is 30.5 Å². The van der Waals surface area contributed by atoms with Crippen molar-refractivity contribution in [3.8, 4) is 12.0 Å². The zero-order valence-corrected chi connectivity index (χ0v) is 6.97. The van der Waals surface area contributed by atoms with Crippen molar-refractivity contribution < 1.29 is 9.53 Å². The topological polar surface area (TPSA) is 29.3 Å². The minimum absolute atomic E-state index is 0.154. The van der Waals surface area contributed by atoms with E-state index in [1.54, 1.807) is 0 Å². The first-order valence-corrected chi connectivity index (χ1v) is 3.43. The summed E-state index contributed by atoms with van der Waals surface area (Å²) in [6.45, 7) is 5.06. The van der Waals surface area contributed by atoms with E-state index in [4.69, 9.17) is 0 Å². The van der Waals surface area contributed by atoms with Crippen molar-refractivity contribution in [2.24, 2.45) is 0 Å². The number of methoxy groups -OCH3 is 1. The number of hydrogen-bond acceptors (Lipinski definition) is 3. The normalized spacial score (nSPS) is 18.3. The lowest BCUT2D eigenvalue weighted by atomic mass is 10.2. The molecule has 1 fully saturated rings. The molecule has 3 heteroatoms. The molecule has 0 bridgehead atoms. The Morgan fingerprint density at radius 1 is 1.64 bits per heavy atom. The molecule has 0 spiro atoms. The van der Waals surface area contributed by atoms with Gasteiger partial charge < -0.3 is 9.64 Å². The van der Waals surface area contributed by atoms with Crippen LogP contribution in [0.25, 0.3) is 0 Å². The maximum Gasteiger partial charge on any atom is 0.385 e. The van der Waals surface area contributed by atoms with Crippen molar-refractivity contribution in [3.05, 3.63) is 0 Å². The highest BCUT2D eigenvalue weighted by molar-refractivity contribution is 5.88. The summed E-state index contributed by atoms with van der Waals surface area (Å²) in [5, 5.41) is 0. The molecule has 60 valence electrons. The molecule has 0 unspecified atom stereocenters. The van der Waals surface area contributed by atoms with Gasteiger partial charge in [0, 0.05) is 12.0 Å². The van der Waals surface area contributed by atoms with Crippen LogP contribution in [0.1, 0.15) is 13.8 Å². The molecule has 0 aromatic rings. The third kappa shape index (κ3) is 1.87. The largest absolute Gasteiger partial charge is 0.459 e. The Morgan fingerprint density at radius 2 is 2.18 bits per heavy atom. The van der Waals surface area contributed by atoms with Gasteiger partial charge in [-0.2, -0.15) is 0 Å². The molecule has 1 aliphatic heterocycles. The molecule has 0 amide bonds. The molecule has 1 heterocycles. The fraction of sp³-hybridized carbons (Fsp3) is 0.625. The van der Waals surface area contributed by atoms with Gasteiger partial charge >= 0.3 is 5.97 Å². The van der Waals surface area contributed by atoms with Gasteiger partial charge in [-0.1, -0.05) is 0 Å². The Balaban J connectivity index is 2.42. The van der Waals surface area contributed by atoms with Crippen LogP contribution in [0.4, 0.5) is 0 Å². The molecule has 0 aromatic heterocycles. The van der Waals surface area contributed by atoms with Crippen molar-refractivity contribution in [1.82, 2.24) is 4.90 Å². The van der Waals surface area contributed by atoms with Gasteiger partial charge in [-0.25, -0.2) is 4.79 Å². The number of carbonyl (C=O) groups is 1. The average Bonchev–Trinajstić information content (AvgIpc) is 2.54. The van der Waals surface area contributed by atoms with Crippen LogP contribution < -0.4 is 0 Å². The summed E-state index contributed by atoms with van der Waals surface area (Å²) in [4.78, 5) is 12.4. The molecule has 0 aliphatic carbocycles. The van der Waals surface area contributed by atoms with E-state index in [0.717, 1.165) is 6.54 Å². The lowest BCUT2D eigenvalue weighted by Crippen LogP contribution is -2.04. The van der Waals surface area contributed by atoms with E-state index in [9.17, 15) is 4.79 Å². The van der Waals surface area contributed by atoms with Gasteiger partial charge in [0.05, 0.1) is 19.2 Å². The van der Waals surface area contributed by atoms with Gasteiger partial charge in [0.2, 0.25) is 0 Å². The van der Waals surface area contributed by atoms with Crippen molar-refractivity contribution in [1.29, 1.82) is 0 Å². The lowest BCUT2D eigenvalue weighted by molar-refractivity contribution is -0.133. The van der Waals surface area contributed by atoms with Crippen LogP contribution in [0.2, 0.25) is 0 Å². The monoisotopic (exact) mass is 153 g/mol. The van der Waals surface area contributed by atoms with Crippen molar-refractivity contribution in [3.63, 3.8) is 0 Å². The van der Waals surface area contributed by atoms with Crippen LogP contribution in [-0.2, 0) is 9.53 Å². The highest BCUT2D eigenvalue weighted by Gasteiger charge is 2.41. The van der Waals surface area contributed by atoms with E-state index in [0.29, 0.717) is 0 Å². The second-order valence-corrected chi connectivity index (χ2v) is 3.13. The number of hydrogen-bond donors (Lipinski definition) is 0. The zero-order valence-electron chi connectivity index (χ0n) is 6.97. The van der Waals surface area contributed by atoms with Crippen molar-refractivity contribution in [2.45, 2.75) is 19.4 Å². The number of nitrogens with zero attached hydrogens (tertiary/aromatic N) is 1. The molecule has 3 nitrogen and oxygen atoms in total. The predicted molar refractivity (Wildman–Crippen MR) is 40.6 cm³/mol. The summed E-state index contributed by atoms with van der Waals surface area (Å²) in [6, 6.07) is 2.71. The smallest absolute Gasteiger partial charge is 0.385 e. The minimum atomic E-state index is -0.479. The average molecular weight is 153 g/mol. The Hall–Kier alpha value is -1.17. The Labute approximate surface area is 66.3 Å². The van der Waals surface area contributed by atoms with Crippen LogP contribution in [0.5, 0.6) is 0 Å². The van der Waals surface area contributed by atoms with Gasteiger partial charge in [0.15, 0.2) is 0 Å². The number of rotatable bonds is 0. The molecule has 1 rings (SSSR count). The lowest BCUT2D eigenvalue weighted by Gasteiger charge is -1.95. The maximum absolute atomic E-state index is 10.5. The van der Waals surface area contributed by atoms with Gasteiger partial charge in [0.25, 0.3) is 0 Å². The SMILES string of the molecule is COC(=O)C#CN1CC1(C)C. The summed E-state index contributed by atoms with van der Waals surface area (Å²) >= 11 is 0. The molecule has 0 N–H and O–H groups in total. The second kappa shape index (κ2) is 2.46. The van der Waals surface area contributed by atoms with Crippen molar-refractivity contribution in [2.75, 3.05) is 13.7 Å². The Morgan fingerprint density at radius 3 is 2.55 bits per heavy atom. The van der Waals surface area contributed by atoms with Crippen LogP contribution in [0.3, 0.4) is 0 Å². The predicted octanol–water partition coefficient (Wildman–Crippen LogP) is 0.214. The molecule has 0 radical (unpaired) electrons. The maximum atomic E-state index is 10.5. The number of ether oxygens (including phenoxy) is 1. The first-order valence-electron chi connectivity index (χ1n) is 3.43. The van der Waals surface area contributed by atoms with Gasteiger partial charge in [0.1, 0.15) is 0 Å². The molecule has 0 saturated carbocycles. The van der Waals surface area contributed by atoms with E-state index in [1.165, 1.54) is 7.11 Å². The standard InChI is InChI=1S/C8H11NO2/c1-8(2)6-9(8)5-4-7(10)11-3/h6H2,1-3H3. The fourth-order valence-electron chi connectivity index (χ4n) is 0.707. The summed E-state index contributed by atoms with van der Waals surface area (Å²) in [6.07, 6.45) is 0. The highest BCUT2D eigenvalue weighted by atomic mass is 16.5. The molecule has 1 aliphatic rings. The van der Waals surface area contributed by atoms with E-state index in [1.807, 2.05) is 4.90 Å². The summed E-state index contributed by atoms with van der Waals surface area (Å²) in [5.41, 5.74) is 0.154. The number of esters is 1. The molecule has 1 saturated heterocycles. The van der Waals surface area contributed by atoms with Gasteiger partial charge in [-0.15, -0.1) is 0 Å². The molecular formula is C8H11NO2.